The van der Waals surface area contributed by atoms with Gasteiger partial charge in [-0.3, -0.25) is 0 Å². The van der Waals surface area contributed by atoms with E-state index in [2.05, 4.69) is 19.1 Å². The van der Waals surface area contributed by atoms with Crippen molar-refractivity contribution < 1.29 is 4.74 Å². The lowest BCUT2D eigenvalue weighted by Gasteiger charge is -2.31. The molecule has 1 saturated carbocycles. The predicted molar refractivity (Wildman–Crippen MR) is 75.8 cm³/mol. The van der Waals surface area contributed by atoms with E-state index in [0.717, 1.165) is 18.1 Å². The van der Waals surface area contributed by atoms with Crippen LogP contribution in [0.15, 0.2) is 24.3 Å². The maximum atomic E-state index is 6.39. The summed E-state index contributed by atoms with van der Waals surface area (Å²) in [6, 6.07) is 8.57. The molecule has 1 fully saturated rings. The van der Waals surface area contributed by atoms with Gasteiger partial charge in [0.1, 0.15) is 5.75 Å². The standard InChI is InChI=1S/C16H25NO/c1-12-5-3-7-14(9-12)16(17)11-13-6-4-8-15(10-13)18-2/h4,6,8,10,12,14,16H,3,5,7,9,11,17H2,1-2H3. The van der Waals surface area contributed by atoms with Gasteiger partial charge in [0.25, 0.3) is 0 Å². The van der Waals surface area contributed by atoms with E-state index >= 15 is 0 Å². The molecule has 1 aliphatic rings. The van der Waals surface area contributed by atoms with Gasteiger partial charge in [-0.15, -0.1) is 0 Å². The van der Waals surface area contributed by atoms with Gasteiger partial charge in [0.15, 0.2) is 0 Å². The van der Waals surface area contributed by atoms with Gasteiger partial charge in [-0.05, 0) is 48.8 Å². The summed E-state index contributed by atoms with van der Waals surface area (Å²) in [7, 11) is 1.71. The molecule has 0 aromatic heterocycles. The van der Waals surface area contributed by atoms with Gasteiger partial charge in [0.2, 0.25) is 0 Å². The molecule has 0 bridgehead atoms. The molecule has 100 valence electrons. The quantitative estimate of drug-likeness (QED) is 0.885. The summed E-state index contributed by atoms with van der Waals surface area (Å²) < 4.78 is 5.26. The smallest absolute Gasteiger partial charge is 0.119 e. The largest absolute Gasteiger partial charge is 0.497 e. The summed E-state index contributed by atoms with van der Waals surface area (Å²) in [5.41, 5.74) is 7.69. The zero-order chi connectivity index (χ0) is 13.0. The average molecular weight is 247 g/mol. The monoisotopic (exact) mass is 247 g/mol. The van der Waals surface area contributed by atoms with Crippen LogP contribution in [0.2, 0.25) is 0 Å². The summed E-state index contributed by atoms with van der Waals surface area (Å²) in [6.45, 7) is 2.35. The molecule has 18 heavy (non-hydrogen) atoms. The number of rotatable bonds is 4. The van der Waals surface area contributed by atoms with Crippen molar-refractivity contribution in [3.63, 3.8) is 0 Å². The Morgan fingerprint density at radius 1 is 1.39 bits per heavy atom. The van der Waals surface area contributed by atoms with Gasteiger partial charge in [-0.2, -0.15) is 0 Å². The molecule has 0 saturated heterocycles. The van der Waals surface area contributed by atoms with Gasteiger partial charge in [-0.1, -0.05) is 31.9 Å². The van der Waals surface area contributed by atoms with E-state index in [0.29, 0.717) is 12.0 Å². The average Bonchev–Trinajstić information content (AvgIpc) is 2.39. The van der Waals surface area contributed by atoms with Crippen molar-refractivity contribution in [2.45, 2.75) is 45.1 Å². The number of benzene rings is 1. The molecule has 0 spiro atoms. The van der Waals surface area contributed by atoms with Crippen molar-refractivity contribution in [2.24, 2.45) is 17.6 Å². The van der Waals surface area contributed by atoms with E-state index in [1.165, 1.54) is 31.2 Å². The van der Waals surface area contributed by atoms with Gasteiger partial charge in [0, 0.05) is 6.04 Å². The Morgan fingerprint density at radius 3 is 2.94 bits per heavy atom. The molecule has 2 rings (SSSR count). The molecule has 0 amide bonds. The lowest BCUT2D eigenvalue weighted by molar-refractivity contribution is 0.245. The van der Waals surface area contributed by atoms with Crippen LogP contribution in [0.3, 0.4) is 0 Å². The number of methoxy groups -OCH3 is 1. The Bertz CT molecular complexity index is 377. The molecular weight excluding hydrogens is 222 g/mol. The first-order valence-corrected chi connectivity index (χ1v) is 7.07. The number of hydrogen-bond donors (Lipinski definition) is 1. The van der Waals surface area contributed by atoms with E-state index in [1.54, 1.807) is 7.11 Å². The van der Waals surface area contributed by atoms with Crippen LogP contribution >= 0.6 is 0 Å². The molecule has 2 N–H and O–H groups in total. The summed E-state index contributed by atoms with van der Waals surface area (Å²) in [5, 5.41) is 0. The van der Waals surface area contributed by atoms with Crippen LogP contribution in [0.5, 0.6) is 5.75 Å². The highest BCUT2D eigenvalue weighted by Crippen LogP contribution is 2.31. The SMILES string of the molecule is COc1cccc(CC(N)C2CCCC(C)C2)c1. The lowest BCUT2D eigenvalue weighted by atomic mass is 9.77. The lowest BCUT2D eigenvalue weighted by Crippen LogP contribution is -2.35. The summed E-state index contributed by atoms with van der Waals surface area (Å²) >= 11 is 0. The molecule has 3 atom stereocenters. The van der Waals surface area contributed by atoms with E-state index in [9.17, 15) is 0 Å². The van der Waals surface area contributed by atoms with Crippen LogP contribution < -0.4 is 10.5 Å². The van der Waals surface area contributed by atoms with Crippen LogP contribution in [-0.2, 0) is 6.42 Å². The summed E-state index contributed by atoms with van der Waals surface area (Å²) in [5.74, 6) is 2.47. The van der Waals surface area contributed by atoms with E-state index in [1.807, 2.05) is 12.1 Å². The third-order valence-corrected chi connectivity index (χ3v) is 4.19. The zero-order valence-corrected chi connectivity index (χ0v) is 11.6. The Hall–Kier alpha value is -1.02. The van der Waals surface area contributed by atoms with Crippen LogP contribution in [-0.4, -0.2) is 13.2 Å². The number of hydrogen-bond acceptors (Lipinski definition) is 2. The minimum Gasteiger partial charge on any atom is -0.497 e. The topological polar surface area (TPSA) is 35.2 Å². The fraction of sp³-hybridized carbons (Fsp3) is 0.625. The third-order valence-electron chi connectivity index (χ3n) is 4.19. The van der Waals surface area contributed by atoms with E-state index in [-0.39, 0.29) is 0 Å². The number of ether oxygens (including phenoxy) is 1. The molecule has 0 heterocycles. The third kappa shape index (κ3) is 3.49. The van der Waals surface area contributed by atoms with Gasteiger partial charge >= 0.3 is 0 Å². The minimum absolute atomic E-state index is 0.292. The molecule has 0 aliphatic heterocycles. The molecule has 1 aromatic rings. The molecule has 0 radical (unpaired) electrons. The molecular formula is C16H25NO. The van der Waals surface area contributed by atoms with Crippen LogP contribution in [0.25, 0.3) is 0 Å². The van der Waals surface area contributed by atoms with Gasteiger partial charge in [0.05, 0.1) is 7.11 Å². The maximum absolute atomic E-state index is 6.39. The van der Waals surface area contributed by atoms with E-state index < -0.39 is 0 Å². The Balaban J connectivity index is 1.95. The number of nitrogens with two attached hydrogens (primary N) is 1. The minimum atomic E-state index is 0.292. The molecule has 1 aliphatic carbocycles. The van der Waals surface area contributed by atoms with Crippen molar-refractivity contribution in [1.29, 1.82) is 0 Å². The molecule has 2 heteroatoms. The van der Waals surface area contributed by atoms with Gasteiger partial charge < -0.3 is 10.5 Å². The van der Waals surface area contributed by atoms with Crippen molar-refractivity contribution in [3.05, 3.63) is 29.8 Å². The predicted octanol–water partition coefficient (Wildman–Crippen LogP) is 3.39. The van der Waals surface area contributed by atoms with Crippen LogP contribution in [0.1, 0.15) is 38.2 Å². The van der Waals surface area contributed by atoms with Crippen LogP contribution in [0.4, 0.5) is 0 Å². The molecule has 2 nitrogen and oxygen atoms in total. The first-order chi connectivity index (χ1) is 8.69. The zero-order valence-electron chi connectivity index (χ0n) is 11.6. The first kappa shape index (κ1) is 13.4. The highest BCUT2D eigenvalue weighted by Gasteiger charge is 2.24. The van der Waals surface area contributed by atoms with Gasteiger partial charge in [-0.25, -0.2) is 0 Å². The fourth-order valence-electron chi connectivity index (χ4n) is 3.11. The van der Waals surface area contributed by atoms with Crippen molar-refractivity contribution >= 4 is 0 Å². The van der Waals surface area contributed by atoms with Crippen LogP contribution in [0, 0.1) is 11.8 Å². The Kier molecular flexibility index (Phi) is 4.65. The second-order valence-corrected chi connectivity index (χ2v) is 5.75. The Morgan fingerprint density at radius 2 is 2.22 bits per heavy atom. The summed E-state index contributed by atoms with van der Waals surface area (Å²) in [4.78, 5) is 0. The second-order valence-electron chi connectivity index (χ2n) is 5.75. The van der Waals surface area contributed by atoms with Crippen molar-refractivity contribution in [3.8, 4) is 5.75 Å². The fourth-order valence-corrected chi connectivity index (χ4v) is 3.11. The van der Waals surface area contributed by atoms with Crippen molar-refractivity contribution in [1.82, 2.24) is 0 Å². The summed E-state index contributed by atoms with van der Waals surface area (Å²) in [6.07, 6.45) is 6.29. The van der Waals surface area contributed by atoms with E-state index in [4.69, 9.17) is 10.5 Å². The highest BCUT2D eigenvalue weighted by molar-refractivity contribution is 5.29. The maximum Gasteiger partial charge on any atom is 0.119 e. The van der Waals surface area contributed by atoms with Crippen molar-refractivity contribution in [2.75, 3.05) is 7.11 Å². The highest BCUT2D eigenvalue weighted by atomic mass is 16.5. The normalized spacial score (nSPS) is 25.7. The first-order valence-electron chi connectivity index (χ1n) is 7.07. The molecule has 1 aromatic carbocycles. The Labute approximate surface area is 111 Å². The molecule has 3 unspecified atom stereocenters. The second kappa shape index (κ2) is 6.24.